The maximum atomic E-state index is 13.2. The Balaban J connectivity index is 1.68. The predicted molar refractivity (Wildman–Crippen MR) is 127 cm³/mol. The molecule has 1 aliphatic carbocycles. The molecule has 4 rings (SSSR count). The number of fused-ring (bicyclic) bond motifs is 1. The number of methoxy groups -OCH3 is 2. The number of rotatable bonds is 8. The molecule has 1 heterocycles. The van der Waals surface area contributed by atoms with Gasteiger partial charge in [-0.3, -0.25) is 23.5 Å². The Morgan fingerprint density at radius 3 is 2.35 bits per heavy atom. The molecule has 0 unspecified atom stereocenters. The minimum absolute atomic E-state index is 0.0861. The number of aromatic nitrogens is 2. The molecule has 0 radical (unpaired) electrons. The topological polar surface area (TPSA) is 121 Å². The Morgan fingerprint density at radius 1 is 1.00 bits per heavy atom. The van der Waals surface area contributed by atoms with Gasteiger partial charge in [0.2, 0.25) is 11.8 Å². The number of carbonyl (C=O) groups excluding carboxylic acids is 2. The molecule has 0 atom stereocenters. The van der Waals surface area contributed by atoms with Crippen molar-refractivity contribution in [1.82, 2.24) is 14.5 Å². The van der Waals surface area contributed by atoms with Gasteiger partial charge in [-0.05, 0) is 31.0 Å². The number of carbonyl (C=O) groups is 2. The Kier molecular flexibility index (Phi) is 6.60. The number of nitrogens with one attached hydrogen (secondary N) is 2. The molecule has 2 amide bonds. The highest BCUT2D eigenvalue weighted by Crippen LogP contribution is 2.35. The quantitative estimate of drug-likeness (QED) is 0.500. The molecule has 0 spiro atoms. The summed E-state index contributed by atoms with van der Waals surface area (Å²) < 4.78 is 12.5. The van der Waals surface area contributed by atoms with Gasteiger partial charge < -0.3 is 20.1 Å². The van der Waals surface area contributed by atoms with Gasteiger partial charge in [0.25, 0.3) is 5.56 Å². The third-order valence-corrected chi connectivity index (χ3v) is 5.72. The normalized spacial score (nSPS) is 12.9. The maximum absolute atomic E-state index is 13.2. The third kappa shape index (κ3) is 4.76. The summed E-state index contributed by atoms with van der Waals surface area (Å²) >= 11 is 6.17. The molecule has 34 heavy (non-hydrogen) atoms. The first-order chi connectivity index (χ1) is 16.3. The van der Waals surface area contributed by atoms with Gasteiger partial charge in [-0.1, -0.05) is 23.7 Å². The molecular weight excluding hydrogens is 464 g/mol. The summed E-state index contributed by atoms with van der Waals surface area (Å²) in [7, 11) is 2.88. The van der Waals surface area contributed by atoms with Crippen molar-refractivity contribution in [3.63, 3.8) is 0 Å². The van der Waals surface area contributed by atoms with Crippen LogP contribution in [0.15, 0.2) is 46.0 Å². The lowest BCUT2D eigenvalue weighted by molar-refractivity contribution is -0.121. The largest absolute Gasteiger partial charge is 0.495 e. The van der Waals surface area contributed by atoms with Gasteiger partial charge in [-0.15, -0.1) is 0 Å². The zero-order valence-corrected chi connectivity index (χ0v) is 19.3. The fraction of sp³-hybridized carbons (Fsp3) is 0.304. The average Bonchev–Trinajstić information content (AvgIpc) is 3.63. The number of benzene rings is 2. The Labute approximate surface area is 199 Å². The fourth-order valence-corrected chi connectivity index (χ4v) is 3.84. The van der Waals surface area contributed by atoms with Crippen LogP contribution in [0.1, 0.15) is 12.8 Å². The van der Waals surface area contributed by atoms with Crippen LogP contribution in [0.25, 0.3) is 10.9 Å². The van der Waals surface area contributed by atoms with Gasteiger partial charge in [-0.2, -0.15) is 0 Å². The number of nitrogens with zero attached hydrogens (tertiary/aromatic N) is 2. The van der Waals surface area contributed by atoms with Gasteiger partial charge in [0.1, 0.15) is 24.6 Å². The van der Waals surface area contributed by atoms with Crippen LogP contribution in [0.2, 0.25) is 5.02 Å². The first kappa shape index (κ1) is 23.4. The molecule has 1 aromatic heterocycles. The molecular formula is C23H23ClN4O6. The fourth-order valence-electron chi connectivity index (χ4n) is 3.60. The van der Waals surface area contributed by atoms with Crippen molar-refractivity contribution in [2.75, 3.05) is 19.5 Å². The molecule has 1 aliphatic rings. The van der Waals surface area contributed by atoms with E-state index in [9.17, 15) is 19.2 Å². The molecule has 178 valence electrons. The van der Waals surface area contributed by atoms with E-state index in [1.807, 2.05) is 0 Å². The monoisotopic (exact) mass is 486 g/mol. The van der Waals surface area contributed by atoms with Gasteiger partial charge in [0.05, 0.1) is 35.8 Å². The lowest BCUT2D eigenvalue weighted by atomic mass is 10.2. The summed E-state index contributed by atoms with van der Waals surface area (Å²) in [6.07, 6.45) is 1.75. The number of ether oxygens (including phenoxy) is 2. The highest BCUT2D eigenvalue weighted by Gasteiger charge is 2.24. The SMILES string of the molecule is COc1cc(OC)c(NC(=O)Cn2c(=O)n(CC(=O)NC3CC3)c(=O)c3ccccc32)cc1Cl. The number of amides is 2. The predicted octanol–water partition coefficient (Wildman–Crippen LogP) is 1.75. The molecule has 2 N–H and O–H groups in total. The minimum atomic E-state index is -0.760. The molecule has 0 saturated heterocycles. The highest BCUT2D eigenvalue weighted by atomic mass is 35.5. The summed E-state index contributed by atoms with van der Waals surface area (Å²) in [6, 6.07) is 9.52. The summed E-state index contributed by atoms with van der Waals surface area (Å²) in [5, 5.41) is 5.92. The third-order valence-electron chi connectivity index (χ3n) is 5.43. The molecule has 3 aromatic rings. The van der Waals surface area contributed by atoms with E-state index >= 15 is 0 Å². The van der Waals surface area contributed by atoms with Crippen LogP contribution < -0.4 is 31.4 Å². The second-order valence-electron chi connectivity index (χ2n) is 7.85. The van der Waals surface area contributed by atoms with E-state index in [4.69, 9.17) is 21.1 Å². The van der Waals surface area contributed by atoms with E-state index in [0.29, 0.717) is 11.5 Å². The van der Waals surface area contributed by atoms with E-state index in [0.717, 1.165) is 22.0 Å². The number of hydrogen-bond acceptors (Lipinski definition) is 6. The van der Waals surface area contributed by atoms with Crippen molar-refractivity contribution in [1.29, 1.82) is 0 Å². The van der Waals surface area contributed by atoms with Crippen LogP contribution in [0.5, 0.6) is 11.5 Å². The van der Waals surface area contributed by atoms with Crippen molar-refractivity contribution < 1.29 is 19.1 Å². The second-order valence-corrected chi connectivity index (χ2v) is 8.26. The molecule has 0 bridgehead atoms. The summed E-state index contributed by atoms with van der Waals surface area (Å²) in [4.78, 5) is 51.3. The van der Waals surface area contributed by atoms with Crippen molar-refractivity contribution in [2.24, 2.45) is 0 Å². The minimum Gasteiger partial charge on any atom is -0.495 e. The van der Waals surface area contributed by atoms with Crippen LogP contribution in [-0.4, -0.2) is 41.2 Å². The van der Waals surface area contributed by atoms with Crippen LogP contribution >= 0.6 is 11.6 Å². The van der Waals surface area contributed by atoms with Crippen LogP contribution in [-0.2, 0) is 22.7 Å². The number of para-hydroxylation sites is 1. The summed E-state index contributed by atoms with van der Waals surface area (Å²) in [5.41, 5.74) is -0.782. The van der Waals surface area contributed by atoms with E-state index in [-0.39, 0.29) is 27.7 Å². The zero-order valence-electron chi connectivity index (χ0n) is 18.6. The van der Waals surface area contributed by atoms with Gasteiger partial charge >= 0.3 is 5.69 Å². The summed E-state index contributed by atoms with van der Waals surface area (Å²) in [6.45, 7) is -0.834. The number of halogens is 1. The lowest BCUT2D eigenvalue weighted by Gasteiger charge is -2.16. The van der Waals surface area contributed by atoms with Gasteiger partial charge in [0.15, 0.2) is 0 Å². The molecule has 0 aliphatic heterocycles. The Bertz CT molecular complexity index is 1390. The molecule has 11 heteroatoms. The number of hydrogen-bond donors (Lipinski definition) is 2. The van der Waals surface area contributed by atoms with Crippen molar-refractivity contribution in [2.45, 2.75) is 32.0 Å². The van der Waals surface area contributed by atoms with Gasteiger partial charge in [0, 0.05) is 12.1 Å². The van der Waals surface area contributed by atoms with Crippen molar-refractivity contribution in [3.05, 3.63) is 62.3 Å². The van der Waals surface area contributed by atoms with Crippen LogP contribution in [0, 0.1) is 0 Å². The van der Waals surface area contributed by atoms with Crippen LogP contribution in [0.3, 0.4) is 0 Å². The average molecular weight is 487 g/mol. The Morgan fingerprint density at radius 2 is 1.68 bits per heavy atom. The second kappa shape index (κ2) is 9.60. The highest BCUT2D eigenvalue weighted by molar-refractivity contribution is 6.32. The first-order valence-electron chi connectivity index (χ1n) is 10.6. The van der Waals surface area contributed by atoms with Crippen molar-refractivity contribution >= 4 is 40.0 Å². The molecule has 1 saturated carbocycles. The van der Waals surface area contributed by atoms with E-state index in [1.54, 1.807) is 24.3 Å². The zero-order chi connectivity index (χ0) is 24.4. The summed E-state index contributed by atoms with van der Waals surface area (Å²) in [5.74, 6) is -0.297. The Hall–Kier alpha value is -3.79. The maximum Gasteiger partial charge on any atom is 0.332 e. The smallest absolute Gasteiger partial charge is 0.332 e. The molecule has 2 aromatic carbocycles. The lowest BCUT2D eigenvalue weighted by Crippen LogP contribution is -2.45. The van der Waals surface area contributed by atoms with Crippen LogP contribution in [0.4, 0.5) is 5.69 Å². The van der Waals surface area contributed by atoms with E-state index < -0.39 is 36.2 Å². The van der Waals surface area contributed by atoms with Crippen molar-refractivity contribution in [3.8, 4) is 11.5 Å². The number of anilines is 1. The standard InChI is InChI=1S/C23H23ClN4O6/c1-33-18-10-19(34-2)16(9-15(18)24)26-21(30)11-27-17-6-4-3-5-14(17)22(31)28(23(27)32)12-20(29)25-13-7-8-13/h3-6,9-10,13H,7-8,11-12H2,1-2H3,(H,25,29)(H,26,30). The molecule has 1 fully saturated rings. The molecule has 10 nitrogen and oxygen atoms in total. The first-order valence-corrected chi connectivity index (χ1v) is 10.9. The van der Waals surface area contributed by atoms with E-state index in [2.05, 4.69) is 10.6 Å². The van der Waals surface area contributed by atoms with Gasteiger partial charge in [-0.25, -0.2) is 4.79 Å². The van der Waals surface area contributed by atoms with E-state index in [1.165, 1.54) is 26.4 Å².